The quantitative estimate of drug-likeness (QED) is 0.457. The molecule has 174 valence electrons. The van der Waals surface area contributed by atoms with E-state index in [4.69, 9.17) is 11.6 Å². The summed E-state index contributed by atoms with van der Waals surface area (Å²) in [6.45, 7) is 8.86. The molecule has 1 atom stereocenters. The lowest BCUT2D eigenvalue weighted by Crippen LogP contribution is -2.50. The first kappa shape index (κ1) is 26.2. The Morgan fingerprint density at radius 1 is 1.19 bits per heavy atom. The molecule has 0 aromatic heterocycles. The van der Waals surface area contributed by atoms with Gasteiger partial charge in [0.1, 0.15) is 11.9 Å². The van der Waals surface area contributed by atoms with E-state index in [9.17, 15) is 14.0 Å². The molecule has 0 saturated heterocycles. The van der Waals surface area contributed by atoms with E-state index in [1.165, 1.54) is 17.8 Å². The van der Waals surface area contributed by atoms with Gasteiger partial charge in [-0.15, -0.1) is 11.8 Å². The van der Waals surface area contributed by atoms with E-state index < -0.39 is 6.04 Å². The van der Waals surface area contributed by atoms with Crippen molar-refractivity contribution in [3.63, 3.8) is 0 Å². The van der Waals surface area contributed by atoms with Gasteiger partial charge < -0.3 is 10.2 Å². The molecule has 7 heteroatoms. The molecule has 0 radical (unpaired) electrons. The Bertz CT molecular complexity index is 902. The number of benzene rings is 2. The minimum absolute atomic E-state index is 0.129. The average Bonchev–Trinajstić information content (AvgIpc) is 2.74. The molecule has 2 amide bonds. The third-order valence-corrected chi connectivity index (χ3v) is 6.34. The third-order valence-electron chi connectivity index (χ3n) is 5.04. The van der Waals surface area contributed by atoms with Gasteiger partial charge in [-0.2, -0.15) is 0 Å². The van der Waals surface area contributed by atoms with Gasteiger partial charge in [-0.25, -0.2) is 4.39 Å². The maximum Gasteiger partial charge on any atom is 0.242 e. The molecule has 32 heavy (non-hydrogen) atoms. The number of hydrogen-bond donors (Lipinski definition) is 1. The van der Waals surface area contributed by atoms with Gasteiger partial charge in [0.2, 0.25) is 11.8 Å². The second-order valence-electron chi connectivity index (χ2n) is 8.27. The van der Waals surface area contributed by atoms with Gasteiger partial charge in [-0.1, -0.05) is 68.3 Å². The van der Waals surface area contributed by atoms with E-state index in [0.29, 0.717) is 36.0 Å². The fourth-order valence-corrected chi connectivity index (χ4v) is 4.59. The van der Waals surface area contributed by atoms with Crippen LogP contribution < -0.4 is 5.32 Å². The molecule has 2 rings (SSSR count). The molecular weight excluding hydrogens is 447 g/mol. The number of carbonyl (C=O) groups is 2. The highest BCUT2D eigenvalue weighted by Gasteiger charge is 2.28. The Morgan fingerprint density at radius 2 is 1.91 bits per heavy atom. The summed E-state index contributed by atoms with van der Waals surface area (Å²) in [4.78, 5) is 27.8. The normalized spacial score (nSPS) is 12.0. The zero-order chi connectivity index (χ0) is 23.7. The van der Waals surface area contributed by atoms with Crippen molar-refractivity contribution in [1.29, 1.82) is 0 Å². The standard InChI is InChI=1S/C25H32ClFN2O2S/c1-5-23(25(31)28-13-17(2)3)29(14-19-9-6-8-18(4)12-19)24(30)16-32-15-20-21(26)10-7-11-22(20)27/h6-12,17,23H,5,13-16H2,1-4H3,(H,28,31). The second kappa shape index (κ2) is 12.9. The summed E-state index contributed by atoms with van der Waals surface area (Å²) in [6, 6.07) is 11.9. The van der Waals surface area contributed by atoms with Crippen molar-refractivity contribution >= 4 is 35.2 Å². The van der Waals surface area contributed by atoms with Crippen LogP contribution in [0, 0.1) is 18.7 Å². The van der Waals surface area contributed by atoms with Gasteiger partial charge in [-0.05, 0) is 37.0 Å². The Kier molecular flexibility index (Phi) is 10.5. The maximum atomic E-state index is 14.1. The SMILES string of the molecule is CCC(C(=O)NCC(C)C)N(Cc1cccc(C)c1)C(=O)CSCc1c(F)cccc1Cl. The summed E-state index contributed by atoms with van der Waals surface area (Å²) in [5.74, 6) is 0.0444. The van der Waals surface area contributed by atoms with Crippen LogP contribution in [0.25, 0.3) is 0 Å². The lowest BCUT2D eigenvalue weighted by Gasteiger charge is -2.31. The molecule has 1 N–H and O–H groups in total. The molecule has 0 aliphatic rings. The van der Waals surface area contributed by atoms with Crippen molar-refractivity contribution in [3.05, 3.63) is 70.0 Å². The van der Waals surface area contributed by atoms with Crippen molar-refractivity contribution < 1.29 is 14.0 Å². The van der Waals surface area contributed by atoms with Crippen LogP contribution in [0.3, 0.4) is 0 Å². The average molecular weight is 479 g/mol. The van der Waals surface area contributed by atoms with Gasteiger partial charge in [-0.3, -0.25) is 9.59 Å². The van der Waals surface area contributed by atoms with Crippen LogP contribution in [-0.2, 0) is 21.9 Å². The first-order valence-electron chi connectivity index (χ1n) is 10.9. The summed E-state index contributed by atoms with van der Waals surface area (Å²) in [5, 5.41) is 3.30. The lowest BCUT2D eigenvalue weighted by atomic mass is 10.1. The minimum Gasteiger partial charge on any atom is -0.354 e. The number of nitrogens with one attached hydrogen (secondary N) is 1. The van der Waals surface area contributed by atoms with Gasteiger partial charge in [0, 0.05) is 29.4 Å². The number of hydrogen-bond acceptors (Lipinski definition) is 3. The van der Waals surface area contributed by atoms with E-state index in [0.717, 1.165) is 11.1 Å². The van der Waals surface area contributed by atoms with Crippen molar-refractivity contribution in [1.82, 2.24) is 10.2 Å². The highest BCUT2D eigenvalue weighted by molar-refractivity contribution is 7.99. The van der Waals surface area contributed by atoms with Crippen LogP contribution in [0.5, 0.6) is 0 Å². The summed E-state index contributed by atoms with van der Waals surface area (Å²) in [6.07, 6.45) is 0.505. The Morgan fingerprint density at radius 3 is 2.53 bits per heavy atom. The molecule has 4 nitrogen and oxygen atoms in total. The third kappa shape index (κ3) is 7.82. The van der Waals surface area contributed by atoms with Crippen molar-refractivity contribution in [2.24, 2.45) is 5.92 Å². The van der Waals surface area contributed by atoms with Crippen molar-refractivity contribution in [3.8, 4) is 0 Å². The molecular formula is C25H32ClFN2O2S. The van der Waals surface area contributed by atoms with E-state index in [2.05, 4.69) is 5.32 Å². The van der Waals surface area contributed by atoms with Crippen LogP contribution >= 0.6 is 23.4 Å². The fourth-order valence-electron chi connectivity index (χ4n) is 3.34. The molecule has 0 aliphatic carbocycles. The first-order valence-corrected chi connectivity index (χ1v) is 12.4. The molecule has 1 unspecified atom stereocenters. The predicted octanol–water partition coefficient (Wildman–Crippen LogP) is 5.60. The number of carbonyl (C=O) groups excluding carboxylic acids is 2. The lowest BCUT2D eigenvalue weighted by molar-refractivity contribution is -0.139. The minimum atomic E-state index is -0.570. The molecule has 0 saturated carbocycles. The molecule has 0 fully saturated rings. The number of thioether (sulfide) groups is 1. The summed E-state index contributed by atoms with van der Waals surface area (Å²) >= 11 is 7.40. The highest BCUT2D eigenvalue weighted by Crippen LogP contribution is 2.24. The smallest absolute Gasteiger partial charge is 0.242 e. The van der Waals surface area contributed by atoms with Gasteiger partial charge >= 0.3 is 0 Å². The Hall–Kier alpha value is -2.05. The zero-order valence-corrected chi connectivity index (χ0v) is 20.7. The number of rotatable bonds is 11. The first-order chi connectivity index (χ1) is 15.2. The molecule has 0 heterocycles. The largest absolute Gasteiger partial charge is 0.354 e. The maximum absolute atomic E-state index is 14.1. The Balaban J connectivity index is 2.16. The van der Waals surface area contributed by atoms with Crippen molar-refractivity contribution in [2.45, 2.75) is 52.5 Å². The molecule has 0 bridgehead atoms. The number of halogens is 2. The van der Waals surface area contributed by atoms with Crippen LogP contribution in [0.4, 0.5) is 4.39 Å². The van der Waals surface area contributed by atoms with E-state index in [1.807, 2.05) is 52.0 Å². The number of amides is 2. The molecule has 0 spiro atoms. The molecule has 0 aliphatic heterocycles. The van der Waals surface area contributed by atoms with E-state index in [-0.39, 0.29) is 29.1 Å². The van der Waals surface area contributed by atoms with Gasteiger partial charge in [0.05, 0.1) is 5.75 Å². The van der Waals surface area contributed by atoms with Crippen LogP contribution in [0.15, 0.2) is 42.5 Å². The molecule has 2 aromatic rings. The topological polar surface area (TPSA) is 49.4 Å². The summed E-state index contributed by atoms with van der Waals surface area (Å²) in [7, 11) is 0. The van der Waals surface area contributed by atoms with Crippen LogP contribution in [0.1, 0.15) is 43.9 Å². The summed E-state index contributed by atoms with van der Waals surface area (Å²) in [5.41, 5.74) is 2.45. The van der Waals surface area contributed by atoms with Gasteiger partial charge in [0.25, 0.3) is 0 Å². The van der Waals surface area contributed by atoms with Crippen LogP contribution in [-0.4, -0.2) is 35.1 Å². The highest BCUT2D eigenvalue weighted by atomic mass is 35.5. The second-order valence-corrected chi connectivity index (χ2v) is 9.66. The van der Waals surface area contributed by atoms with Crippen LogP contribution in [0.2, 0.25) is 5.02 Å². The van der Waals surface area contributed by atoms with E-state index >= 15 is 0 Å². The predicted molar refractivity (Wildman–Crippen MR) is 131 cm³/mol. The number of nitrogens with zero attached hydrogens (tertiary/aromatic N) is 1. The zero-order valence-electron chi connectivity index (χ0n) is 19.2. The monoisotopic (exact) mass is 478 g/mol. The van der Waals surface area contributed by atoms with E-state index in [1.54, 1.807) is 17.0 Å². The molecule has 2 aromatic carbocycles. The van der Waals surface area contributed by atoms with Crippen molar-refractivity contribution in [2.75, 3.05) is 12.3 Å². The fraction of sp³-hybridized carbons (Fsp3) is 0.440. The summed E-state index contributed by atoms with van der Waals surface area (Å²) < 4.78 is 14.1. The Labute approximate surface area is 199 Å². The van der Waals surface area contributed by atoms with Gasteiger partial charge in [0.15, 0.2) is 0 Å². The number of aryl methyl sites for hydroxylation is 1.